The van der Waals surface area contributed by atoms with Crippen LogP contribution >= 0.6 is 0 Å². The molecule has 17 heavy (non-hydrogen) atoms. The van der Waals surface area contributed by atoms with E-state index in [9.17, 15) is 4.79 Å². The summed E-state index contributed by atoms with van der Waals surface area (Å²) >= 11 is 0. The zero-order valence-corrected chi connectivity index (χ0v) is 10.4. The highest BCUT2D eigenvalue weighted by atomic mass is 16.3. The van der Waals surface area contributed by atoms with E-state index < -0.39 is 0 Å². The van der Waals surface area contributed by atoms with Crippen molar-refractivity contribution < 1.29 is 9.90 Å². The second-order valence-corrected chi connectivity index (χ2v) is 4.23. The third kappa shape index (κ3) is 4.40. The van der Waals surface area contributed by atoms with Crippen molar-refractivity contribution in [3.63, 3.8) is 0 Å². The zero-order chi connectivity index (χ0) is 12.8. The molecule has 1 aromatic heterocycles. The lowest BCUT2D eigenvalue weighted by Gasteiger charge is -2.19. The van der Waals surface area contributed by atoms with Gasteiger partial charge in [-0.15, -0.1) is 0 Å². The Labute approximate surface area is 101 Å². The monoisotopic (exact) mass is 237 g/mol. The summed E-state index contributed by atoms with van der Waals surface area (Å²) in [6.45, 7) is 5.65. The van der Waals surface area contributed by atoms with E-state index in [-0.39, 0.29) is 24.6 Å². The molecule has 2 atom stereocenters. The van der Waals surface area contributed by atoms with Gasteiger partial charge in [0.15, 0.2) is 0 Å². The number of urea groups is 1. The van der Waals surface area contributed by atoms with Gasteiger partial charge in [0.05, 0.1) is 0 Å². The molecular weight excluding hydrogens is 218 g/mol. The van der Waals surface area contributed by atoms with Crippen LogP contribution in [0, 0.1) is 12.8 Å². The van der Waals surface area contributed by atoms with Gasteiger partial charge in [-0.05, 0) is 31.9 Å². The first-order valence-electron chi connectivity index (χ1n) is 5.64. The van der Waals surface area contributed by atoms with Crippen molar-refractivity contribution >= 4 is 11.7 Å². The first-order valence-corrected chi connectivity index (χ1v) is 5.64. The Kier molecular flexibility index (Phi) is 4.90. The molecule has 2 unspecified atom stereocenters. The van der Waals surface area contributed by atoms with Gasteiger partial charge < -0.3 is 15.7 Å². The van der Waals surface area contributed by atoms with Crippen LogP contribution in [0.5, 0.6) is 0 Å². The van der Waals surface area contributed by atoms with Crippen LogP contribution in [0.3, 0.4) is 0 Å². The Bertz CT molecular complexity index is 382. The van der Waals surface area contributed by atoms with Gasteiger partial charge in [-0.2, -0.15) is 0 Å². The minimum Gasteiger partial charge on any atom is -0.396 e. The number of nitrogens with one attached hydrogen (secondary N) is 2. The normalized spacial score (nSPS) is 13.9. The van der Waals surface area contributed by atoms with Crippen LogP contribution in [0.15, 0.2) is 18.3 Å². The summed E-state index contributed by atoms with van der Waals surface area (Å²) in [5.41, 5.74) is 1.55. The highest BCUT2D eigenvalue weighted by Crippen LogP contribution is 2.07. The molecule has 3 N–H and O–H groups in total. The molecule has 1 rings (SSSR count). The van der Waals surface area contributed by atoms with E-state index in [0.717, 1.165) is 5.69 Å². The summed E-state index contributed by atoms with van der Waals surface area (Å²) in [6, 6.07) is 3.17. The third-order valence-corrected chi connectivity index (χ3v) is 2.65. The van der Waals surface area contributed by atoms with E-state index in [0.29, 0.717) is 5.69 Å². The van der Waals surface area contributed by atoms with E-state index in [2.05, 4.69) is 15.6 Å². The standard InChI is InChI=1S/C12H19N3O2/c1-8(7-16)10(3)14-12(17)15-11-4-5-13-9(2)6-11/h4-6,8,10,16H,7H2,1-3H3,(H2,13,14,15,17). The molecule has 0 saturated carbocycles. The molecule has 0 bridgehead atoms. The first-order chi connectivity index (χ1) is 8.02. The summed E-state index contributed by atoms with van der Waals surface area (Å²) in [4.78, 5) is 15.7. The lowest BCUT2D eigenvalue weighted by molar-refractivity contribution is 0.204. The maximum Gasteiger partial charge on any atom is 0.319 e. The fourth-order valence-corrected chi connectivity index (χ4v) is 1.30. The molecule has 0 spiro atoms. The topological polar surface area (TPSA) is 74.2 Å². The van der Waals surface area contributed by atoms with E-state index >= 15 is 0 Å². The Morgan fingerprint density at radius 2 is 2.24 bits per heavy atom. The fourth-order valence-electron chi connectivity index (χ4n) is 1.30. The number of carbonyl (C=O) groups excluding carboxylic acids is 1. The number of amides is 2. The molecular formula is C12H19N3O2. The lowest BCUT2D eigenvalue weighted by atomic mass is 10.1. The molecule has 5 heteroatoms. The fraction of sp³-hybridized carbons (Fsp3) is 0.500. The largest absolute Gasteiger partial charge is 0.396 e. The molecule has 1 heterocycles. The maximum atomic E-state index is 11.6. The Morgan fingerprint density at radius 1 is 1.53 bits per heavy atom. The van der Waals surface area contributed by atoms with Crippen molar-refractivity contribution in [1.29, 1.82) is 0 Å². The summed E-state index contributed by atoms with van der Waals surface area (Å²) in [6.07, 6.45) is 1.64. The van der Waals surface area contributed by atoms with E-state index in [1.54, 1.807) is 18.3 Å². The van der Waals surface area contributed by atoms with Crippen molar-refractivity contribution in [3.8, 4) is 0 Å². The minimum absolute atomic E-state index is 0.0277. The molecule has 0 aromatic carbocycles. The number of pyridine rings is 1. The molecule has 94 valence electrons. The molecule has 0 aliphatic carbocycles. The predicted octanol–water partition coefficient (Wildman–Crippen LogP) is 1.53. The van der Waals surface area contributed by atoms with Crippen molar-refractivity contribution in [3.05, 3.63) is 24.0 Å². The van der Waals surface area contributed by atoms with E-state index in [4.69, 9.17) is 5.11 Å². The van der Waals surface area contributed by atoms with Crippen molar-refractivity contribution in [2.24, 2.45) is 5.92 Å². The number of hydrogen-bond acceptors (Lipinski definition) is 3. The SMILES string of the molecule is Cc1cc(NC(=O)NC(C)C(C)CO)ccn1. The van der Waals surface area contributed by atoms with Gasteiger partial charge in [-0.25, -0.2) is 4.79 Å². The number of hydrogen-bond donors (Lipinski definition) is 3. The average molecular weight is 237 g/mol. The van der Waals surface area contributed by atoms with E-state index in [1.165, 1.54) is 0 Å². The zero-order valence-electron chi connectivity index (χ0n) is 10.4. The molecule has 0 aliphatic rings. The number of anilines is 1. The minimum atomic E-state index is -0.275. The second-order valence-electron chi connectivity index (χ2n) is 4.23. The highest BCUT2D eigenvalue weighted by molar-refractivity contribution is 5.89. The molecule has 0 radical (unpaired) electrons. The Hall–Kier alpha value is -1.62. The number of carbonyl (C=O) groups is 1. The van der Waals surface area contributed by atoms with Gasteiger partial charge >= 0.3 is 6.03 Å². The first kappa shape index (κ1) is 13.4. The molecule has 1 aromatic rings. The van der Waals surface area contributed by atoms with E-state index in [1.807, 2.05) is 20.8 Å². The van der Waals surface area contributed by atoms with Gasteiger partial charge in [0, 0.05) is 30.2 Å². The summed E-state index contributed by atoms with van der Waals surface area (Å²) in [7, 11) is 0. The highest BCUT2D eigenvalue weighted by Gasteiger charge is 2.13. The summed E-state index contributed by atoms with van der Waals surface area (Å²) < 4.78 is 0. The van der Waals surface area contributed by atoms with Gasteiger partial charge in [0.1, 0.15) is 0 Å². The van der Waals surface area contributed by atoms with Crippen LogP contribution in [0.4, 0.5) is 10.5 Å². The molecule has 0 saturated heterocycles. The smallest absolute Gasteiger partial charge is 0.319 e. The third-order valence-electron chi connectivity index (χ3n) is 2.65. The number of nitrogens with zero attached hydrogens (tertiary/aromatic N) is 1. The van der Waals surface area contributed by atoms with Crippen LogP contribution in [0.1, 0.15) is 19.5 Å². The number of aromatic nitrogens is 1. The number of aliphatic hydroxyl groups is 1. The average Bonchev–Trinajstić information content (AvgIpc) is 2.27. The maximum absolute atomic E-state index is 11.6. The van der Waals surface area contributed by atoms with Crippen LogP contribution < -0.4 is 10.6 Å². The number of aryl methyl sites for hydroxylation is 1. The van der Waals surface area contributed by atoms with Gasteiger partial charge in [-0.1, -0.05) is 6.92 Å². The van der Waals surface area contributed by atoms with Crippen LogP contribution in [0.25, 0.3) is 0 Å². The van der Waals surface area contributed by atoms with Crippen LogP contribution in [-0.2, 0) is 0 Å². The molecule has 0 fully saturated rings. The lowest BCUT2D eigenvalue weighted by Crippen LogP contribution is -2.40. The second kappa shape index (κ2) is 6.20. The molecule has 2 amide bonds. The van der Waals surface area contributed by atoms with Crippen molar-refractivity contribution in [1.82, 2.24) is 10.3 Å². The quantitative estimate of drug-likeness (QED) is 0.743. The summed E-state index contributed by atoms with van der Waals surface area (Å²) in [5, 5.41) is 14.5. The van der Waals surface area contributed by atoms with Crippen molar-refractivity contribution in [2.45, 2.75) is 26.8 Å². The number of rotatable bonds is 4. The molecule has 0 aliphatic heterocycles. The van der Waals surface area contributed by atoms with Crippen molar-refractivity contribution in [2.75, 3.05) is 11.9 Å². The predicted molar refractivity (Wildman–Crippen MR) is 66.8 cm³/mol. The van der Waals surface area contributed by atoms with Crippen LogP contribution in [-0.4, -0.2) is 28.8 Å². The number of aliphatic hydroxyl groups excluding tert-OH is 1. The van der Waals surface area contributed by atoms with Gasteiger partial charge in [0.25, 0.3) is 0 Å². The Morgan fingerprint density at radius 3 is 2.82 bits per heavy atom. The van der Waals surface area contributed by atoms with Gasteiger partial charge in [0.2, 0.25) is 0 Å². The summed E-state index contributed by atoms with van der Waals surface area (Å²) in [5.74, 6) is 0.0277. The van der Waals surface area contributed by atoms with Crippen LogP contribution in [0.2, 0.25) is 0 Å². The van der Waals surface area contributed by atoms with Gasteiger partial charge in [-0.3, -0.25) is 4.98 Å². The Balaban J connectivity index is 2.50. The molecule has 5 nitrogen and oxygen atoms in total.